The van der Waals surface area contributed by atoms with E-state index < -0.39 is 5.60 Å². The molecule has 1 aromatic rings. The van der Waals surface area contributed by atoms with Crippen LogP contribution in [-0.4, -0.2) is 34.2 Å². The van der Waals surface area contributed by atoms with Crippen molar-refractivity contribution in [2.24, 2.45) is 4.99 Å². The molecule has 23 heavy (non-hydrogen) atoms. The van der Waals surface area contributed by atoms with Gasteiger partial charge in [0, 0.05) is 10.6 Å². The van der Waals surface area contributed by atoms with E-state index in [0.717, 1.165) is 10.6 Å². The molecular weight excluding hydrogens is 312 g/mol. The van der Waals surface area contributed by atoms with Crippen molar-refractivity contribution in [2.45, 2.75) is 64.3 Å². The van der Waals surface area contributed by atoms with Gasteiger partial charge in [-0.3, -0.25) is 4.84 Å². The van der Waals surface area contributed by atoms with Gasteiger partial charge in [-0.15, -0.1) is 0 Å². The van der Waals surface area contributed by atoms with Gasteiger partial charge >= 0.3 is 0 Å². The van der Waals surface area contributed by atoms with Gasteiger partial charge in [-0.2, -0.15) is 5.06 Å². The lowest BCUT2D eigenvalue weighted by Crippen LogP contribution is -2.68. The molecule has 5 heteroatoms. The largest absolute Gasteiger partial charge is 0.476 e. The third-order valence-corrected chi connectivity index (χ3v) is 4.53. The summed E-state index contributed by atoms with van der Waals surface area (Å²) in [6, 6.07) is 7.96. The fourth-order valence-corrected chi connectivity index (χ4v) is 3.22. The zero-order chi connectivity index (χ0) is 17.0. The van der Waals surface area contributed by atoms with Gasteiger partial charge in [0.1, 0.15) is 12.6 Å². The Hall–Kier alpha value is -1.10. The van der Waals surface area contributed by atoms with Crippen LogP contribution in [0.4, 0.5) is 0 Å². The third-order valence-electron chi connectivity index (χ3n) is 4.28. The molecule has 0 aliphatic carbocycles. The maximum Gasteiger partial charge on any atom is 0.221 e. The van der Waals surface area contributed by atoms with Gasteiger partial charge in [0.2, 0.25) is 5.90 Å². The molecule has 0 bridgehead atoms. The maximum absolute atomic E-state index is 6.21. The molecule has 0 radical (unpaired) electrons. The first-order valence-electron chi connectivity index (χ1n) is 8.00. The van der Waals surface area contributed by atoms with Gasteiger partial charge in [-0.05, 0) is 59.2 Å². The molecule has 0 saturated carbocycles. The first kappa shape index (κ1) is 16.7. The molecule has 0 spiro atoms. The number of rotatable bonds is 2. The maximum atomic E-state index is 6.21. The van der Waals surface area contributed by atoms with E-state index in [-0.39, 0.29) is 17.1 Å². The summed E-state index contributed by atoms with van der Waals surface area (Å²) in [6.07, 6.45) is 0. The predicted octanol–water partition coefficient (Wildman–Crippen LogP) is 4.39. The molecule has 3 rings (SSSR count). The number of hydrogen-bond acceptors (Lipinski definition) is 4. The van der Waals surface area contributed by atoms with Crippen LogP contribution in [0.3, 0.4) is 0 Å². The van der Waals surface area contributed by atoms with Crippen molar-refractivity contribution in [1.29, 1.82) is 0 Å². The summed E-state index contributed by atoms with van der Waals surface area (Å²) in [5.41, 5.74) is 0.232. The van der Waals surface area contributed by atoms with E-state index in [1.54, 1.807) is 0 Å². The topological polar surface area (TPSA) is 34.1 Å². The molecule has 0 unspecified atom stereocenters. The molecule has 1 aromatic carbocycles. The number of hydroxylamine groups is 2. The lowest BCUT2D eigenvalue weighted by molar-refractivity contribution is -0.399. The molecule has 2 heterocycles. The summed E-state index contributed by atoms with van der Waals surface area (Å²) in [4.78, 5) is 11.0. The number of nitrogens with zero attached hydrogens (tertiary/aromatic N) is 2. The summed E-state index contributed by atoms with van der Waals surface area (Å²) in [5, 5.41) is 2.75. The van der Waals surface area contributed by atoms with Crippen LogP contribution in [0.15, 0.2) is 29.3 Å². The van der Waals surface area contributed by atoms with Crippen LogP contribution in [0.2, 0.25) is 5.02 Å². The van der Waals surface area contributed by atoms with Crippen LogP contribution in [0.1, 0.15) is 53.1 Å². The second kappa shape index (κ2) is 5.20. The number of ether oxygens (including phenoxy) is 1. The molecule has 2 aliphatic heterocycles. The standard InChI is InChI=1S/C18H25ClN2O2/c1-16(2,3)21-14(12-7-9-13(19)10-8-12)18(6,23-21)15-20-17(4,5)11-22-15/h7-10,14H,11H2,1-6H3/t14-,18-/m0/s1. The van der Waals surface area contributed by atoms with Gasteiger partial charge in [0.15, 0.2) is 5.60 Å². The minimum absolute atomic E-state index is 0.0346. The monoisotopic (exact) mass is 336 g/mol. The third kappa shape index (κ3) is 2.88. The molecule has 0 aromatic heterocycles. The Labute approximate surface area is 143 Å². The van der Waals surface area contributed by atoms with Crippen LogP contribution in [0.5, 0.6) is 0 Å². The summed E-state index contributed by atoms with van der Waals surface area (Å²) in [6.45, 7) is 13.2. The Kier molecular flexibility index (Phi) is 3.79. The van der Waals surface area contributed by atoms with Crippen molar-refractivity contribution in [3.05, 3.63) is 34.9 Å². The van der Waals surface area contributed by atoms with E-state index in [0.29, 0.717) is 12.5 Å². The second-order valence-electron chi connectivity index (χ2n) is 8.17. The fourth-order valence-electron chi connectivity index (χ4n) is 3.10. The first-order chi connectivity index (χ1) is 10.5. The molecule has 1 fully saturated rings. The highest BCUT2D eigenvalue weighted by atomic mass is 35.5. The summed E-state index contributed by atoms with van der Waals surface area (Å²) in [7, 11) is 0. The van der Waals surface area contributed by atoms with E-state index in [2.05, 4.69) is 41.5 Å². The Bertz CT molecular complexity index is 633. The van der Waals surface area contributed by atoms with Crippen molar-refractivity contribution in [3.8, 4) is 0 Å². The smallest absolute Gasteiger partial charge is 0.221 e. The quantitative estimate of drug-likeness (QED) is 0.803. The molecule has 4 nitrogen and oxygen atoms in total. The highest BCUT2D eigenvalue weighted by Crippen LogP contribution is 2.51. The Morgan fingerprint density at radius 1 is 1.17 bits per heavy atom. The minimum atomic E-state index is -0.588. The van der Waals surface area contributed by atoms with E-state index in [4.69, 9.17) is 26.2 Å². The number of halogens is 1. The minimum Gasteiger partial charge on any atom is -0.476 e. The molecule has 1 saturated heterocycles. The van der Waals surface area contributed by atoms with E-state index in [9.17, 15) is 0 Å². The molecule has 2 aliphatic rings. The lowest BCUT2D eigenvalue weighted by Gasteiger charge is -2.58. The normalized spacial score (nSPS) is 30.6. The van der Waals surface area contributed by atoms with Crippen LogP contribution in [0, 0.1) is 0 Å². The number of hydrogen-bond donors (Lipinski definition) is 0. The van der Waals surface area contributed by atoms with Crippen molar-refractivity contribution < 1.29 is 9.57 Å². The van der Waals surface area contributed by atoms with E-state index >= 15 is 0 Å². The molecule has 0 N–H and O–H groups in total. The van der Waals surface area contributed by atoms with Gasteiger partial charge in [0.05, 0.1) is 5.54 Å². The van der Waals surface area contributed by atoms with Crippen LogP contribution in [-0.2, 0) is 9.57 Å². The summed E-state index contributed by atoms with van der Waals surface area (Å²) >= 11 is 6.05. The van der Waals surface area contributed by atoms with Crippen molar-refractivity contribution >= 4 is 17.5 Å². The number of benzene rings is 1. The molecule has 126 valence electrons. The summed E-state index contributed by atoms with van der Waals surface area (Å²) in [5.74, 6) is 0.683. The van der Waals surface area contributed by atoms with Crippen molar-refractivity contribution in [3.63, 3.8) is 0 Å². The van der Waals surface area contributed by atoms with Gasteiger partial charge in [0.25, 0.3) is 0 Å². The van der Waals surface area contributed by atoms with Crippen LogP contribution in [0.25, 0.3) is 0 Å². The Morgan fingerprint density at radius 2 is 1.78 bits per heavy atom. The Morgan fingerprint density at radius 3 is 2.26 bits per heavy atom. The SMILES string of the molecule is CC1(C)COC([C@@]2(C)ON(C(C)(C)C)[C@H]2c2ccc(Cl)cc2)=N1. The summed E-state index contributed by atoms with van der Waals surface area (Å²) < 4.78 is 5.88. The second-order valence-corrected chi connectivity index (χ2v) is 8.60. The highest BCUT2D eigenvalue weighted by molar-refractivity contribution is 6.30. The average molecular weight is 337 g/mol. The van der Waals surface area contributed by atoms with Crippen LogP contribution >= 0.6 is 11.6 Å². The molecule has 0 amide bonds. The van der Waals surface area contributed by atoms with E-state index in [1.807, 2.05) is 29.3 Å². The zero-order valence-electron chi connectivity index (χ0n) is 14.7. The zero-order valence-corrected chi connectivity index (χ0v) is 15.4. The van der Waals surface area contributed by atoms with Gasteiger partial charge in [-0.1, -0.05) is 23.7 Å². The van der Waals surface area contributed by atoms with Crippen LogP contribution < -0.4 is 0 Å². The Balaban J connectivity index is 1.99. The van der Waals surface area contributed by atoms with Crippen molar-refractivity contribution in [1.82, 2.24) is 5.06 Å². The van der Waals surface area contributed by atoms with E-state index in [1.165, 1.54) is 0 Å². The molecule has 2 atom stereocenters. The first-order valence-corrected chi connectivity index (χ1v) is 8.38. The fraction of sp³-hybridized carbons (Fsp3) is 0.611. The predicted molar refractivity (Wildman–Crippen MR) is 92.7 cm³/mol. The lowest BCUT2D eigenvalue weighted by atomic mass is 9.83. The van der Waals surface area contributed by atoms with Crippen molar-refractivity contribution in [2.75, 3.05) is 6.61 Å². The highest BCUT2D eigenvalue weighted by Gasteiger charge is 2.61. The molecular formula is C18H25ClN2O2. The average Bonchev–Trinajstić information content (AvgIpc) is 2.78. The van der Waals surface area contributed by atoms with Gasteiger partial charge < -0.3 is 4.74 Å². The van der Waals surface area contributed by atoms with Gasteiger partial charge in [-0.25, -0.2) is 4.99 Å². The number of aliphatic imine (C=N–C) groups is 1.